The van der Waals surface area contributed by atoms with Gasteiger partial charge in [-0.1, -0.05) is 11.2 Å². The van der Waals surface area contributed by atoms with Gasteiger partial charge in [0.15, 0.2) is 5.84 Å². The molecule has 0 spiro atoms. The van der Waals surface area contributed by atoms with Gasteiger partial charge in [0.05, 0.1) is 19.3 Å². The summed E-state index contributed by atoms with van der Waals surface area (Å²) in [6, 6.07) is 3.95. The molecule has 1 aliphatic heterocycles. The fourth-order valence-corrected chi connectivity index (χ4v) is 2.27. The number of aliphatic hydroxyl groups is 1. The monoisotopic (exact) mass is 280 g/mol. The van der Waals surface area contributed by atoms with Crippen LogP contribution in [0.1, 0.15) is 18.2 Å². The Morgan fingerprint density at radius 2 is 2.45 bits per heavy atom. The van der Waals surface area contributed by atoms with Gasteiger partial charge in [0.25, 0.3) is 0 Å². The quantitative estimate of drug-likeness (QED) is 0.304. The van der Waals surface area contributed by atoms with E-state index in [0.29, 0.717) is 25.4 Å². The van der Waals surface area contributed by atoms with Crippen LogP contribution >= 0.6 is 0 Å². The Kier molecular flexibility index (Phi) is 4.89. The third-order valence-electron chi connectivity index (χ3n) is 3.45. The number of oxime groups is 1. The van der Waals surface area contributed by atoms with Crippen LogP contribution in [-0.2, 0) is 11.3 Å². The van der Waals surface area contributed by atoms with Crippen LogP contribution in [-0.4, -0.2) is 57.9 Å². The van der Waals surface area contributed by atoms with Gasteiger partial charge in [0.1, 0.15) is 5.69 Å². The van der Waals surface area contributed by atoms with E-state index in [2.05, 4.69) is 22.0 Å². The maximum atomic E-state index is 9.21. The summed E-state index contributed by atoms with van der Waals surface area (Å²) >= 11 is 0. The van der Waals surface area contributed by atoms with Crippen LogP contribution in [0.3, 0.4) is 0 Å². The number of rotatable bonds is 4. The van der Waals surface area contributed by atoms with E-state index in [1.165, 1.54) is 0 Å². The van der Waals surface area contributed by atoms with Gasteiger partial charge in [0, 0.05) is 25.3 Å². The molecule has 4 N–H and O–H groups in total. The summed E-state index contributed by atoms with van der Waals surface area (Å²) in [6.45, 7) is 3.89. The standard InChI is InChI=1S/C13H20N4O3/c1-9-8-20-11(7-18)6-17(9)5-10-3-2-4-15-12(10)13(14)16-19/h2-4,9,11,18-19H,5-8H2,1H3,(H2,14,16). The van der Waals surface area contributed by atoms with Crippen molar-refractivity contribution in [1.29, 1.82) is 0 Å². The first-order valence-electron chi connectivity index (χ1n) is 6.54. The number of amidine groups is 1. The fourth-order valence-electron chi connectivity index (χ4n) is 2.27. The average Bonchev–Trinajstić information content (AvgIpc) is 2.49. The highest BCUT2D eigenvalue weighted by molar-refractivity contribution is 5.96. The molecule has 1 aromatic rings. The lowest BCUT2D eigenvalue weighted by atomic mass is 10.1. The van der Waals surface area contributed by atoms with Gasteiger partial charge < -0.3 is 20.8 Å². The molecule has 0 saturated carbocycles. The second-order valence-electron chi connectivity index (χ2n) is 4.91. The molecule has 0 amide bonds. The molecule has 1 saturated heterocycles. The van der Waals surface area contributed by atoms with Crippen LogP contribution in [0, 0.1) is 0 Å². The number of hydrogen-bond donors (Lipinski definition) is 3. The van der Waals surface area contributed by atoms with E-state index >= 15 is 0 Å². The van der Waals surface area contributed by atoms with Gasteiger partial charge >= 0.3 is 0 Å². The molecular formula is C13H20N4O3. The van der Waals surface area contributed by atoms with E-state index in [-0.39, 0.29) is 24.6 Å². The molecule has 0 radical (unpaired) electrons. The second kappa shape index (κ2) is 6.65. The molecule has 2 rings (SSSR count). The number of ether oxygens (including phenoxy) is 1. The minimum atomic E-state index is -0.171. The number of hydrogen-bond acceptors (Lipinski definition) is 6. The molecule has 7 heteroatoms. The first kappa shape index (κ1) is 14.7. The largest absolute Gasteiger partial charge is 0.409 e. The van der Waals surface area contributed by atoms with Crippen molar-refractivity contribution in [2.75, 3.05) is 19.8 Å². The highest BCUT2D eigenvalue weighted by Gasteiger charge is 2.26. The maximum absolute atomic E-state index is 9.21. The molecule has 2 unspecified atom stereocenters. The summed E-state index contributed by atoms with van der Waals surface area (Å²) in [5.41, 5.74) is 7.01. The van der Waals surface area contributed by atoms with Crippen molar-refractivity contribution in [3.05, 3.63) is 29.6 Å². The van der Waals surface area contributed by atoms with Crippen LogP contribution in [0.15, 0.2) is 23.5 Å². The summed E-state index contributed by atoms with van der Waals surface area (Å²) < 4.78 is 5.51. The molecule has 2 atom stereocenters. The van der Waals surface area contributed by atoms with Crippen molar-refractivity contribution in [2.24, 2.45) is 10.9 Å². The van der Waals surface area contributed by atoms with Crippen LogP contribution in [0.25, 0.3) is 0 Å². The summed E-state index contributed by atoms with van der Waals surface area (Å²) in [7, 11) is 0. The third kappa shape index (κ3) is 3.24. The number of aliphatic hydroxyl groups excluding tert-OH is 1. The molecule has 1 aromatic heterocycles. The number of nitrogens with zero attached hydrogens (tertiary/aromatic N) is 3. The first-order valence-corrected chi connectivity index (χ1v) is 6.54. The van der Waals surface area contributed by atoms with Gasteiger partial charge in [-0.15, -0.1) is 0 Å². The van der Waals surface area contributed by atoms with Crippen LogP contribution in [0.4, 0.5) is 0 Å². The average molecular weight is 280 g/mol. The van der Waals surface area contributed by atoms with Crippen molar-refractivity contribution >= 4 is 5.84 Å². The van der Waals surface area contributed by atoms with Gasteiger partial charge in [0.2, 0.25) is 0 Å². The molecule has 0 aliphatic carbocycles. The number of morpholine rings is 1. The topological polar surface area (TPSA) is 104 Å². The van der Waals surface area contributed by atoms with E-state index in [1.807, 2.05) is 12.1 Å². The lowest BCUT2D eigenvalue weighted by Crippen LogP contribution is -2.49. The van der Waals surface area contributed by atoms with Gasteiger partial charge in [-0.3, -0.25) is 9.88 Å². The van der Waals surface area contributed by atoms with E-state index in [1.54, 1.807) is 6.20 Å². The normalized spacial score (nSPS) is 24.8. The van der Waals surface area contributed by atoms with Crippen molar-refractivity contribution in [3.63, 3.8) is 0 Å². The molecule has 0 aromatic carbocycles. The number of aromatic nitrogens is 1. The van der Waals surface area contributed by atoms with Gasteiger partial charge in [-0.25, -0.2) is 0 Å². The van der Waals surface area contributed by atoms with E-state index < -0.39 is 0 Å². The van der Waals surface area contributed by atoms with Crippen molar-refractivity contribution in [2.45, 2.75) is 25.6 Å². The second-order valence-corrected chi connectivity index (χ2v) is 4.91. The molecular weight excluding hydrogens is 260 g/mol. The number of nitrogens with two attached hydrogens (primary N) is 1. The van der Waals surface area contributed by atoms with Gasteiger partial charge in [-0.2, -0.15) is 0 Å². The third-order valence-corrected chi connectivity index (χ3v) is 3.45. The lowest BCUT2D eigenvalue weighted by molar-refractivity contribution is -0.0805. The summed E-state index contributed by atoms with van der Waals surface area (Å²) in [6.07, 6.45) is 1.44. The Hall–Kier alpha value is -1.70. The van der Waals surface area contributed by atoms with Crippen LogP contribution < -0.4 is 5.73 Å². The summed E-state index contributed by atoms with van der Waals surface area (Å²) in [5, 5.41) is 21.0. The predicted molar refractivity (Wildman–Crippen MR) is 73.4 cm³/mol. The molecule has 1 fully saturated rings. The SMILES string of the molecule is CC1COC(CO)CN1Cc1cccnc1/C(N)=N/O. The molecule has 110 valence electrons. The van der Waals surface area contributed by atoms with Crippen molar-refractivity contribution in [1.82, 2.24) is 9.88 Å². The number of pyridine rings is 1. The molecule has 0 bridgehead atoms. The summed E-state index contributed by atoms with van der Waals surface area (Å²) in [4.78, 5) is 6.35. The van der Waals surface area contributed by atoms with Crippen LogP contribution in [0.2, 0.25) is 0 Å². The zero-order chi connectivity index (χ0) is 14.5. The maximum Gasteiger partial charge on any atom is 0.189 e. The van der Waals surface area contributed by atoms with E-state index in [0.717, 1.165) is 5.56 Å². The lowest BCUT2D eigenvalue weighted by Gasteiger charge is -2.37. The molecule has 7 nitrogen and oxygen atoms in total. The fraction of sp³-hybridized carbons (Fsp3) is 0.538. The highest BCUT2D eigenvalue weighted by atomic mass is 16.5. The Labute approximate surface area is 117 Å². The Bertz CT molecular complexity index is 480. The molecule has 2 heterocycles. The Morgan fingerprint density at radius 3 is 3.15 bits per heavy atom. The Morgan fingerprint density at radius 1 is 1.65 bits per heavy atom. The minimum absolute atomic E-state index is 0.000204. The van der Waals surface area contributed by atoms with Crippen molar-refractivity contribution < 1.29 is 15.1 Å². The zero-order valence-corrected chi connectivity index (χ0v) is 11.4. The van der Waals surface area contributed by atoms with Crippen LogP contribution in [0.5, 0.6) is 0 Å². The van der Waals surface area contributed by atoms with E-state index in [4.69, 9.17) is 15.7 Å². The van der Waals surface area contributed by atoms with Crippen molar-refractivity contribution in [3.8, 4) is 0 Å². The molecule has 1 aliphatic rings. The summed E-state index contributed by atoms with van der Waals surface area (Å²) in [5.74, 6) is 0.000204. The minimum Gasteiger partial charge on any atom is -0.409 e. The predicted octanol–water partition coefficient (Wildman–Crippen LogP) is -0.242. The van der Waals surface area contributed by atoms with Gasteiger partial charge in [-0.05, 0) is 18.6 Å². The smallest absolute Gasteiger partial charge is 0.189 e. The Balaban J connectivity index is 2.16. The zero-order valence-electron chi connectivity index (χ0n) is 11.4. The van der Waals surface area contributed by atoms with E-state index in [9.17, 15) is 5.11 Å². The first-order chi connectivity index (χ1) is 9.65. The highest BCUT2D eigenvalue weighted by Crippen LogP contribution is 2.17. The molecule has 20 heavy (non-hydrogen) atoms.